The molecule has 0 bridgehead atoms. The molecule has 1 heterocycles. The third-order valence-electron chi connectivity index (χ3n) is 5.88. The fraction of sp³-hybridized carbons (Fsp3) is 0.667. The lowest BCUT2D eigenvalue weighted by atomic mass is 9.76. The Kier molecular flexibility index (Phi) is 7.01. The molecule has 0 saturated heterocycles. The molecule has 1 aromatic carbocycles. The minimum Gasteiger partial charge on any atom is -0.389 e. The lowest BCUT2D eigenvalue weighted by Crippen LogP contribution is -2.48. The molecule has 0 aromatic heterocycles. The Morgan fingerprint density at radius 1 is 1.36 bits per heavy atom. The van der Waals surface area contributed by atoms with Crippen LogP contribution in [-0.2, 0) is 16.0 Å². The summed E-state index contributed by atoms with van der Waals surface area (Å²) in [5, 5.41) is 12.7. The first-order chi connectivity index (χ1) is 13.4. The molecule has 2 aliphatic rings. The third kappa shape index (κ3) is 5.07. The SMILES string of the molecule is COCC(O)CNCC(=O)N1CCc2ccccc2C1C1CCC(F)(F)CC1. The summed E-state index contributed by atoms with van der Waals surface area (Å²) in [7, 11) is 1.51. The molecule has 1 fully saturated rings. The normalized spacial score (nSPS) is 23.3. The maximum Gasteiger partial charge on any atom is 0.248 e. The molecule has 7 heteroatoms. The van der Waals surface area contributed by atoms with Crippen molar-refractivity contribution in [3.63, 3.8) is 0 Å². The number of carbonyl (C=O) groups excluding carboxylic acids is 1. The van der Waals surface area contributed by atoms with Gasteiger partial charge < -0.3 is 20.1 Å². The molecule has 1 amide bonds. The van der Waals surface area contributed by atoms with Crippen molar-refractivity contribution in [3.05, 3.63) is 35.4 Å². The van der Waals surface area contributed by atoms with Gasteiger partial charge in [-0.1, -0.05) is 24.3 Å². The number of fused-ring (bicyclic) bond motifs is 1. The van der Waals surface area contributed by atoms with Gasteiger partial charge in [0.1, 0.15) is 0 Å². The molecule has 0 radical (unpaired) electrons. The summed E-state index contributed by atoms with van der Waals surface area (Å²) in [6.07, 6.45) is 0.731. The Balaban J connectivity index is 1.71. The number of halogens is 2. The predicted molar refractivity (Wildman–Crippen MR) is 102 cm³/mol. The Morgan fingerprint density at radius 3 is 2.79 bits per heavy atom. The van der Waals surface area contributed by atoms with Crippen LogP contribution in [0, 0.1) is 5.92 Å². The van der Waals surface area contributed by atoms with E-state index >= 15 is 0 Å². The van der Waals surface area contributed by atoms with Crippen LogP contribution in [0.1, 0.15) is 42.9 Å². The van der Waals surface area contributed by atoms with Crippen molar-refractivity contribution >= 4 is 5.91 Å². The second-order valence-electron chi connectivity index (χ2n) is 7.91. The number of methoxy groups -OCH3 is 1. The maximum absolute atomic E-state index is 13.7. The third-order valence-corrected chi connectivity index (χ3v) is 5.88. The lowest BCUT2D eigenvalue weighted by molar-refractivity contribution is -0.136. The molecule has 1 aromatic rings. The number of aliphatic hydroxyl groups excluding tert-OH is 1. The minimum atomic E-state index is -2.58. The Morgan fingerprint density at radius 2 is 2.07 bits per heavy atom. The number of nitrogens with one attached hydrogen (secondary N) is 1. The molecular weight excluding hydrogens is 366 g/mol. The van der Waals surface area contributed by atoms with Gasteiger partial charge in [-0.05, 0) is 36.3 Å². The lowest BCUT2D eigenvalue weighted by Gasteiger charge is -2.44. The average Bonchev–Trinajstić information content (AvgIpc) is 2.67. The van der Waals surface area contributed by atoms with Crippen molar-refractivity contribution < 1.29 is 23.4 Å². The number of benzene rings is 1. The molecule has 2 N–H and O–H groups in total. The van der Waals surface area contributed by atoms with Gasteiger partial charge in [0, 0.05) is 33.0 Å². The molecule has 2 unspecified atom stereocenters. The van der Waals surface area contributed by atoms with E-state index in [1.807, 2.05) is 23.1 Å². The van der Waals surface area contributed by atoms with E-state index in [2.05, 4.69) is 11.4 Å². The van der Waals surface area contributed by atoms with Crippen LogP contribution in [0.4, 0.5) is 8.78 Å². The van der Waals surface area contributed by atoms with Crippen LogP contribution in [0.25, 0.3) is 0 Å². The van der Waals surface area contributed by atoms with Crippen LogP contribution in [0.15, 0.2) is 24.3 Å². The first-order valence-electron chi connectivity index (χ1n) is 10.0. The second kappa shape index (κ2) is 9.29. The summed E-state index contributed by atoms with van der Waals surface area (Å²) in [4.78, 5) is 14.8. The summed E-state index contributed by atoms with van der Waals surface area (Å²) in [6.45, 7) is 1.18. The van der Waals surface area contributed by atoms with E-state index in [4.69, 9.17) is 4.74 Å². The number of rotatable bonds is 7. The van der Waals surface area contributed by atoms with Crippen LogP contribution in [0.3, 0.4) is 0 Å². The summed E-state index contributed by atoms with van der Waals surface area (Å²) >= 11 is 0. The van der Waals surface area contributed by atoms with Gasteiger partial charge in [0.2, 0.25) is 11.8 Å². The van der Waals surface area contributed by atoms with Gasteiger partial charge in [0.25, 0.3) is 0 Å². The topological polar surface area (TPSA) is 61.8 Å². The highest BCUT2D eigenvalue weighted by Gasteiger charge is 2.42. The predicted octanol–water partition coefficient (Wildman–Crippen LogP) is 2.53. The van der Waals surface area contributed by atoms with Crippen LogP contribution >= 0.6 is 0 Å². The monoisotopic (exact) mass is 396 g/mol. The summed E-state index contributed by atoms with van der Waals surface area (Å²) in [6, 6.07) is 7.89. The molecule has 1 saturated carbocycles. The molecule has 28 heavy (non-hydrogen) atoms. The van der Waals surface area contributed by atoms with Crippen molar-refractivity contribution in [2.24, 2.45) is 5.92 Å². The highest BCUT2D eigenvalue weighted by molar-refractivity contribution is 5.79. The van der Waals surface area contributed by atoms with Crippen molar-refractivity contribution in [1.29, 1.82) is 0 Å². The Bertz CT molecular complexity index is 661. The van der Waals surface area contributed by atoms with E-state index in [0.717, 1.165) is 12.0 Å². The largest absolute Gasteiger partial charge is 0.389 e. The van der Waals surface area contributed by atoms with Crippen molar-refractivity contribution in [2.75, 3.05) is 33.4 Å². The number of ether oxygens (including phenoxy) is 1. The van der Waals surface area contributed by atoms with E-state index in [-0.39, 0.29) is 50.4 Å². The van der Waals surface area contributed by atoms with E-state index in [0.29, 0.717) is 19.4 Å². The smallest absolute Gasteiger partial charge is 0.248 e. The fourth-order valence-electron chi connectivity index (χ4n) is 4.46. The molecule has 3 rings (SSSR count). The number of nitrogens with zero attached hydrogens (tertiary/aromatic N) is 1. The zero-order valence-corrected chi connectivity index (χ0v) is 16.4. The number of hydrogen-bond donors (Lipinski definition) is 2. The number of hydrogen-bond acceptors (Lipinski definition) is 4. The second-order valence-corrected chi connectivity index (χ2v) is 7.91. The summed E-state index contributed by atoms with van der Waals surface area (Å²) in [5.74, 6) is -2.59. The molecular formula is C21H30F2N2O3. The first-order valence-corrected chi connectivity index (χ1v) is 10.0. The molecule has 2 atom stereocenters. The van der Waals surface area contributed by atoms with Crippen LogP contribution in [-0.4, -0.2) is 61.3 Å². The van der Waals surface area contributed by atoms with Crippen molar-refractivity contribution in [2.45, 2.75) is 50.2 Å². The zero-order valence-electron chi connectivity index (χ0n) is 16.4. The zero-order chi connectivity index (χ0) is 20.1. The first kappa shape index (κ1) is 21.1. The Labute approximate surface area is 165 Å². The van der Waals surface area contributed by atoms with E-state index in [1.165, 1.54) is 12.7 Å². The molecule has 5 nitrogen and oxygen atoms in total. The Hall–Kier alpha value is -1.57. The fourth-order valence-corrected chi connectivity index (χ4v) is 4.46. The highest BCUT2D eigenvalue weighted by Crippen LogP contribution is 2.45. The summed E-state index contributed by atoms with van der Waals surface area (Å²) in [5.41, 5.74) is 2.30. The molecule has 156 valence electrons. The maximum atomic E-state index is 13.7. The minimum absolute atomic E-state index is 0.0455. The quantitative estimate of drug-likeness (QED) is 0.744. The van der Waals surface area contributed by atoms with Crippen LogP contribution < -0.4 is 5.32 Å². The van der Waals surface area contributed by atoms with Crippen molar-refractivity contribution in [1.82, 2.24) is 10.2 Å². The van der Waals surface area contributed by atoms with E-state index in [1.54, 1.807) is 0 Å². The van der Waals surface area contributed by atoms with Crippen LogP contribution in [0.2, 0.25) is 0 Å². The number of carbonyl (C=O) groups is 1. The standard InChI is InChI=1S/C21H30F2N2O3/c1-28-14-17(26)12-24-13-19(27)25-11-8-15-4-2-3-5-18(15)20(25)16-6-9-21(22,23)10-7-16/h2-5,16-17,20,24,26H,6-14H2,1H3. The number of alkyl halides is 2. The van der Waals surface area contributed by atoms with Gasteiger partial charge in [-0.25, -0.2) is 8.78 Å². The van der Waals surface area contributed by atoms with Crippen molar-refractivity contribution in [3.8, 4) is 0 Å². The molecule has 0 spiro atoms. The van der Waals surface area contributed by atoms with Crippen LogP contribution in [0.5, 0.6) is 0 Å². The molecule has 1 aliphatic carbocycles. The number of amides is 1. The van der Waals surface area contributed by atoms with Gasteiger partial charge in [0.15, 0.2) is 0 Å². The van der Waals surface area contributed by atoms with Gasteiger partial charge >= 0.3 is 0 Å². The van der Waals surface area contributed by atoms with Gasteiger partial charge in [0.05, 0.1) is 25.3 Å². The molecule has 1 aliphatic heterocycles. The highest BCUT2D eigenvalue weighted by atomic mass is 19.3. The summed E-state index contributed by atoms with van der Waals surface area (Å²) < 4.78 is 32.2. The number of aliphatic hydroxyl groups is 1. The van der Waals surface area contributed by atoms with Gasteiger partial charge in [-0.2, -0.15) is 0 Å². The average molecular weight is 396 g/mol. The van der Waals surface area contributed by atoms with E-state index in [9.17, 15) is 18.7 Å². The van der Waals surface area contributed by atoms with Gasteiger partial charge in [-0.15, -0.1) is 0 Å². The van der Waals surface area contributed by atoms with Gasteiger partial charge in [-0.3, -0.25) is 4.79 Å². The van der Waals surface area contributed by atoms with E-state index < -0.39 is 12.0 Å².